The lowest BCUT2D eigenvalue weighted by Crippen LogP contribution is -1.87. The van der Waals surface area contributed by atoms with E-state index >= 15 is 0 Å². The van der Waals surface area contributed by atoms with E-state index in [0.29, 0.717) is 19.0 Å². The van der Waals surface area contributed by atoms with Gasteiger partial charge in [0.1, 0.15) is 0 Å². The highest BCUT2D eigenvalue weighted by Crippen LogP contribution is 2.44. The van der Waals surface area contributed by atoms with Crippen molar-refractivity contribution in [2.45, 2.75) is 0 Å². The molecule has 0 atom stereocenters. The van der Waals surface area contributed by atoms with Crippen LogP contribution < -0.4 is 4.74 Å². The number of halogens is 4. The van der Waals surface area contributed by atoms with Crippen LogP contribution in [0.3, 0.4) is 0 Å². The third-order valence-corrected chi connectivity index (χ3v) is 3.85. The topological polar surface area (TPSA) is 49.7 Å². The van der Waals surface area contributed by atoms with Gasteiger partial charge in [0.2, 0.25) is 0 Å². The average molecular weight is 429 g/mol. The van der Waals surface area contributed by atoms with Crippen LogP contribution in [0.1, 0.15) is 0 Å². The summed E-state index contributed by atoms with van der Waals surface area (Å²) in [5, 5.41) is 20.5. The minimum atomic E-state index is -0.125. The van der Waals surface area contributed by atoms with Crippen LogP contribution in [0.5, 0.6) is 23.0 Å². The third kappa shape index (κ3) is 3.28. The summed E-state index contributed by atoms with van der Waals surface area (Å²) in [5.74, 6) is -0.0486. The summed E-state index contributed by atoms with van der Waals surface area (Å²) in [4.78, 5) is 0. The lowest BCUT2D eigenvalue weighted by molar-refractivity contribution is 0.383. The number of hydrogen-bond donors (Lipinski definition) is 2. The molecular formula is C12H6Br2Cl2O3. The van der Waals surface area contributed by atoms with E-state index in [1.54, 1.807) is 0 Å². The Balaban J connectivity index is 2.47. The third-order valence-electron chi connectivity index (χ3n) is 2.21. The van der Waals surface area contributed by atoms with Crippen LogP contribution in [-0.4, -0.2) is 10.2 Å². The van der Waals surface area contributed by atoms with Gasteiger partial charge in [-0.25, -0.2) is 0 Å². The van der Waals surface area contributed by atoms with Crippen molar-refractivity contribution < 1.29 is 14.9 Å². The summed E-state index contributed by atoms with van der Waals surface area (Å²) in [7, 11) is 0. The average Bonchev–Trinajstić information content (AvgIpc) is 2.31. The summed E-state index contributed by atoms with van der Waals surface area (Å²) < 4.78 is 6.20. The maximum Gasteiger partial charge on any atom is 0.172 e. The fourth-order valence-electron chi connectivity index (χ4n) is 1.36. The minimum Gasteiger partial charge on any atom is -0.503 e. The van der Waals surface area contributed by atoms with Crippen molar-refractivity contribution in [3.8, 4) is 23.0 Å². The molecule has 2 rings (SSSR count). The lowest BCUT2D eigenvalue weighted by atomic mass is 10.3. The SMILES string of the molecule is Oc1c(Br)cc(Cl)cc1Oc1cc(Cl)cc(Br)c1O. The van der Waals surface area contributed by atoms with Gasteiger partial charge in [0.25, 0.3) is 0 Å². The van der Waals surface area contributed by atoms with E-state index in [0.717, 1.165) is 0 Å². The molecule has 0 aliphatic carbocycles. The van der Waals surface area contributed by atoms with E-state index in [1.165, 1.54) is 24.3 Å². The van der Waals surface area contributed by atoms with Crippen molar-refractivity contribution in [3.63, 3.8) is 0 Å². The van der Waals surface area contributed by atoms with Crippen LogP contribution in [-0.2, 0) is 0 Å². The molecular weight excluding hydrogens is 423 g/mol. The van der Waals surface area contributed by atoms with Gasteiger partial charge in [-0.15, -0.1) is 0 Å². The van der Waals surface area contributed by atoms with Crippen LogP contribution in [0.4, 0.5) is 0 Å². The molecule has 3 nitrogen and oxygen atoms in total. The molecule has 7 heteroatoms. The first-order valence-corrected chi connectivity index (χ1v) is 7.26. The van der Waals surface area contributed by atoms with Crippen molar-refractivity contribution in [3.05, 3.63) is 43.3 Å². The summed E-state index contributed by atoms with van der Waals surface area (Å²) in [6.07, 6.45) is 0. The van der Waals surface area contributed by atoms with Crippen molar-refractivity contribution in [2.24, 2.45) is 0 Å². The molecule has 0 aliphatic rings. The van der Waals surface area contributed by atoms with E-state index in [1.807, 2.05) is 0 Å². The molecule has 0 spiro atoms. The first-order valence-electron chi connectivity index (χ1n) is 4.92. The van der Waals surface area contributed by atoms with Crippen LogP contribution in [0.2, 0.25) is 10.0 Å². The van der Waals surface area contributed by atoms with Crippen molar-refractivity contribution in [1.82, 2.24) is 0 Å². The van der Waals surface area contributed by atoms with Crippen LogP contribution in [0, 0.1) is 0 Å². The molecule has 0 saturated heterocycles. The second-order valence-corrected chi connectivity index (χ2v) is 6.15. The molecule has 2 aromatic rings. The van der Waals surface area contributed by atoms with Gasteiger partial charge in [-0.3, -0.25) is 0 Å². The van der Waals surface area contributed by atoms with Gasteiger partial charge in [-0.1, -0.05) is 23.2 Å². The molecule has 2 aromatic carbocycles. The van der Waals surface area contributed by atoms with Crippen LogP contribution in [0.15, 0.2) is 33.2 Å². The highest BCUT2D eigenvalue weighted by Gasteiger charge is 2.14. The molecule has 0 bridgehead atoms. The number of hydrogen-bond acceptors (Lipinski definition) is 3. The van der Waals surface area contributed by atoms with Gasteiger partial charge in [-0.2, -0.15) is 0 Å². The Kier molecular flexibility index (Phi) is 4.50. The molecule has 0 heterocycles. The predicted octanol–water partition coefficient (Wildman–Crippen LogP) is 5.72. The zero-order chi connectivity index (χ0) is 14.2. The number of benzene rings is 2. The van der Waals surface area contributed by atoms with E-state index in [9.17, 15) is 10.2 Å². The van der Waals surface area contributed by atoms with Crippen LogP contribution >= 0.6 is 55.1 Å². The second kappa shape index (κ2) is 5.79. The van der Waals surface area contributed by atoms with Gasteiger partial charge < -0.3 is 14.9 Å². The molecule has 0 amide bonds. The molecule has 0 radical (unpaired) electrons. The lowest BCUT2D eigenvalue weighted by Gasteiger charge is -2.12. The summed E-state index contributed by atoms with van der Waals surface area (Å²) in [5.41, 5.74) is 0. The molecule has 2 N–H and O–H groups in total. The molecule has 0 unspecified atom stereocenters. The summed E-state index contributed by atoms with van der Waals surface area (Å²) in [6, 6.07) is 5.90. The molecule has 19 heavy (non-hydrogen) atoms. The van der Waals surface area contributed by atoms with Crippen LogP contribution in [0.25, 0.3) is 0 Å². The molecule has 100 valence electrons. The molecule has 0 aliphatic heterocycles. The Bertz CT molecular complexity index is 592. The van der Waals surface area contributed by atoms with Gasteiger partial charge in [0.15, 0.2) is 23.0 Å². The number of phenolic OH excluding ortho intramolecular Hbond substituents is 2. The van der Waals surface area contributed by atoms with Gasteiger partial charge in [0.05, 0.1) is 8.95 Å². The van der Waals surface area contributed by atoms with Gasteiger partial charge in [-0.05, 0) is 44.0 Å². The number of ether oxygens (including phenoxy) is 1. The zero-order valence-electron chi connectivity index (χ0n) is 9.12. The monoisotopic (exact) mass is 426 g/mol. The Morgan fingerprint density at radius 1 is 0.789 bits per heavy atom. The van der Waals surface area contributed by atoms with E-state index in [-0.39, 0.29) is 23.0 Å². The standard InChI is InChI=1S/C12H6Br2Cl2O3/c13-7-1-5(15)3-9(11(7)17)19-10-4-6(16)2-8(14)12(10)18/h1-4,17-18H. The van der Waals surface area contributed by atoms with E-state index < -0.39 is 0 Å². The smallest absolute Gasteiger partial charge is 0.172 e. The molecule has 0 aromatic heterocycles. The fourth-order valence-corrected chi connectivity index (χ4v) is 2.92. The van der Waals surface area contributed by atoms with Gasteiger partial charge >= 0.3 is 0 Å². The van der Waals surface area contributed by atoms with E-state index in [4.69, 9.17) is 27.9 Å². The number of phenols is 2. The Morgan fingerprint density at radius 2 is 1.16 bits per heavy atom. The van der Waals surface area contributed by atoms with Crippen molar-refractivity contribution in [1.29, 1.82) is 0 Å². The van der Waals surface area contributed by atoms with Crippen molar-refractivity contribution in [2.75, 3.05) is 0 Å². The maximum atomic E-state index is 9.86. The highest BCUT2D eigenvalue weighted by atomic mass is 79.9. The number of rotatable bonds is 2. The Labute approximate surface area is 136 Å². The zero-order valence-corrected chi connectivity index (χ0v) is 13.8. The largest absolute Gasteiger partial charge is 0.503 e. The minimum absolute atomic E-state index is 0.101. The highest BCUT2D eigenvalue weighted by molar-refractivity contribution is 9.10. The predicted molar refractivity (Wildman–Crippen MR) is 81.7 cm³/mol. The quantitative estimate of drug-likeness (QED) is 0.643. The summed E-state index contributed by atoms with van der Waals surface area (Å²) in [6.45, 7) is 0. The Morgan fingerprint density at radius 3 is 1.53 bits per heavy atom. The Hall–Kier alpha value is -0.620. The first kappa shape index (κ1) is 14.8. The first-order chi connectivity index (χ1) is 8.88. The second-order valence-electron chi connectivity index (χ2n) is 3.57. The molecule has 0 saturated carbocycles. The maximum absolute atomic E-state index is 9.86. The van der Waals surface area contributed by atoms with Gasteiger partial charge in [0, 0.05) is 22.2 Å². The molecule has 0 fully saturated rings. The fraction of sp³-hybridized carbons (Fsp3) is 0. The van der Waals surface area contributed by atoms with Crippen molar-refractivity contribution >= 4 is 55.1 Å². The summed E-state index contributed by atoms with van der Waals surface area (Å²) >= 11 is 18.0. The van der Waals surface area contributed by atoms with E-state index in [2.05, 4.69) is 31.9 Å². The normalized spacial score (nSPS) is 10.5. The number of aromatic hydroxyl groups is 2.